The van der Waals surface area contributed by atoms with Crippen LogP contribution in [0.15, 0.2) is 55.2 Å². The van der Waals surface area contributed by atoms with Crippen LogP contribution < -0.4 is 4.90 Å². The van der Waals surface area contributed by atoms with E-state index in [9.17, 15) is 4.79 Å². The van der Waals surface area contributed by atoms with Gasteiger partial charge in [0.2, 0.25) is 0 Å². The van der Waals surface area contributed by atoms with Crippen molar-refractivity contribution >= 4 is 11.6 Å². The highest BCUT2D eigenvalue weighted by atomic mass is 16.2. The van der Waals surface area contributed by atoms with Gasteiger partial charge in [0, 0.05) is 24.0 Å². The van der Waals surface area contributed by atoms with Crippen molar-refractivity contribution in [2.24, 2.45) is 0 Å². The Morgan fingerprint density at radius 2 is 2.12 bits per heavy atom. The first-order valence-electron chi connectivity index (χ1n) is 7.96. The standard InChI is InChI=1S/C18H17N5O/c1-13-7-9-22(16-5-3-2-4-15(13)16)18(24)14-6-8-20-17(10-14)23-12-19-11-21-23/h2-6,8,10-13H,7,9H2,1H3/t13-/m1/s1. The Labute approximate surface area is 139 Å². The predicted molar refractivity (Wildman–Crippen MR) is 90.3 cm³/mol. The van der Waals surface area contributed by atoms with Gasteiger partial charge in [-0.05, 0) is 36.1 Å². The van der Waals surface area contributed by atoms with E-state index in [0.717, 1.165) is 18.7 Å². The third-order valence-corrected chi connectivity index (χ3v) is 4.44. The van der Waals surface area contributed by atoms with Crippen molar-refractivity contribution in [3.05, 3.63) is 66.4 Å². The zero-order valence-electron chi connectivity index (χ0n) is 13.3. The molecule has 0 bridgehead atoms. The molecule has 0 aliphatic carbocycles. The number of para-hydroxylation sites is 1. The molecule has 6 heteroatoms. The molecule has 3 aromatic rings. The maximum atomic E-state index is 13.0. The van der Waals surface area contributed by atoms with Gasteiger partial charge in [-0.1, -0.05) is 25.1 Å². The summed E-state index contributed by atoms with van der Waals surface area (Å²) in [6.07, 6.45) is 5.60. The Hall–Kier alpha value is -3.02. The summed E-state index contributed by atoms with van der Waals surface area (Å²) in [5, 5.41) is 4.06. The van der Waals surface area contributed by atoms with Gasteiger partial charge in [0.05, 0.1) is 0 Å². The molecule has 0 unspecified atom stereocenters. The number of hydrogen-bond donors (Lipinski definition) is 0. The van der Waals surface area contributed by atoms with Crippen LogP contribution in [0.25, 0.3) is 5.82 Å². The number of fused-ring (bicyclic) bond motifs is 1. The monoisotopic (exact) mass is 319 g/mol. The molecular weight excluding hydrogens is 302 g/mol. The molecule has 1 atom stereocenters. The maximum Gasteiger partial charge on any atom is 0.258 e. The molecular formula is C18H17N5O. The van der Waals surface area contributed by atoms with Gasteiger partial charge >= 0.3 is 0 Å². The number of aromatic nitrogens is 4. The van der Waals surface area contributed by atoms with E-state index in [1.165, 1.54) is 11.9 Å². The lowest BCUT2D eigenvalue weighted by Gasteiger charge is -2.33. The lowest BCUT2D eigenvalue weighted by molar-refractivity contribution is 0.0984. The van der Waals surface area contributed by atoms with Crippen LogP contribution >= 0.6 is 0 Å². The summed E-state index contributed by atoms with van der Waals surface area (Å²) in [7, 11) is 0. The second-order valence-electron chi connectivity index (χ2n) is 5.95. The minimum absolute atomic E-state index is 0.0156. The van der Waals surface area contributed by atoms with Gasteiger partial charge in [-0.15, -0.1) is 0 Å². The summed E-state index contributed by atoms with van der Waals surface area (Å²) >= 11 is 0. The van der Waals surface area contributed by atoms with E-state index in [4.69, 9.17) is 0 Å². The number of carbonyl (C=O) groups excluding carboxylic acids is 1. The summed E-state index contributed by atoms with van der Waals surface area (Å²) in [5.41, 5.74) is 2.82. The molecule has 0 radical (unpaired) electrons. The van der Waals surface area contributed by atoms with Crippen molar-refractivity contribution < 1.29 is 4.79 Å². The molecule has 4 rings (SSSR count). The quantitative estimate of drug-likeness (QED) is 0.728. The van der Waals surface area contributed by atoms with E-state index in [-0.39, 0.29) is 5.91 Å². The minimum atomic E-state index is -0.0156. The molecule has 1 aliphatic rings. The van der Waals surface area contributed by atoms with E-state index in [2.05, 4.69) is 28.1 Å². The summed E-state index contributed by atoms with van der Waals surface area (Å²) in [6.45, 7) is 2.92. The van der Waals surface area contributed by atoms with Gasteiger partial charge in [0.15, 0.2) is 5.82 Å². The second kappa shape index (κ2) is 5.88. The number of pyridine rings is 1. The first kappa shape index (κ1) is 14.6. The smallest absolute Gasteiger partial charge is 0.258 e. The fourth-order valence-electron chi connectivity index (χ4n) is 3.12. The van der Waals surface area contributed by atoms with Crippen molar-refractivity contribution in [3.8, 4) is 5.82 Å². The molecule has 0 saturated heterocycles. The van der Waals surface area contributed by atoms with E-state index < -0.39 is 0 Å². The number of rotatable bonds is 2. The molecule has 0 fully saturated rings. The Kier molecular flexibility index (Phi) is 3.57. The fraction of sp³-hybridized carbons (Fsp3) is 0.222. The Balaban J connectivity index is 1.70. The zero-order valence-corrected chi connectivity index (χ0v) is 13.3. The van der Waals surface area contributed by atoms with Crippen molar-refractivity contribution in [1.82, 2.24) is 19.7 Å². The number of nitrogens with zero attached hydrogens (tertiary/aromatic N) is 5. The average Bonchev–Trinajstić information content (AvgIpc) is 3.17. The number of hydrogen-bond acceptors (Lipinski definition) is 4. The van der Waals surface area contributed by atoms with Crippen LogP contribution in [0, 0.1) is 0 Å². The minimum Gasteiger partial charge on any atom is -0.308 e. The van der Waals surface area contributed by atoms with Crippen LogP contribution in [0.2, 0.25) is 0 Å². The van der Waals surface area contributed by atoms with Gasteiger partial charge < -0.3 is 4.90 Å². The van der Waals surface area contributed by atoms with Crippen molar-refractivity contribution in [2.75, 3.05) is 11.4 Å². The van der Waals surface area contributed by atoms with Crippen LogP contribution in [0.5, 0.6) is 0 Å². The summed E-state index contributed by atoms with van der Waals surface area (Å²) in [6, 6.07) is 11.6. The summed E-state index contributed by atoms with van der Waals surface area (Å²) < 4.78 is 1.54. The highest BCUT2D eigenvalue weighted by Crippen LogP contribution is 2.35. The second-order valence-corrected chi connectivity index (χ2v) is 5.95. The molecule has 0 saturated carbocycles. The van der Waals surface area contributed by atoms with Gasteiger partial charge in [-0.2, -0.15) is 5.10 Å². The predicted octanol–water partition coefficient (Wildman–Crippen LogP) is 2.82. The third kappa shape index (κ3) is 2.46. The molecule has 1 amide bonds. The molecule has 6 nitrogen and oxygen atoms in total. The Morgan fingerprint density at radius 3 is 2.96 bits per heavy atom. The van der Waals surface area contributed by atoms with E-state index >= 15 is 0 Å². The SMILES string of the molecule is C[C@@H]1CCN(C(=O)c2ccnc(-n3cncn3)c2)c2ccccc21. The van der Waals surface area contributed by atoms with Gasteiger partial charge in [-0.25, -0.2) is 14.6 Å². The molecule has 0 spiro atoms. The Bertz CT molecular complexity index is 875. The average molecular weight is 319 g/mol. The van der Waals surface area contributed by atoms with Crippen LogP contribution in [0.4, 0.5) is 5.69 Å². The summed E-state index contributed by atoms with van der Waals surface area (Å²) in [5.74, 6) is 1.03. The Morgan fingerprint density at radius 1 is 1.25 bits per heavy atom. The fourth-order valence-corrected chi connectivity index (χ4v) is 3.12. The van der Waals surface area contributed by atoms with Crippen LogP contribution in [-0.4, -0.2) is 32.2 Å². The normalized spacial score (nSPS) is 16.7. The number of amides is 1. The lowest BCUT2D eigenvalue weighted by atomic mass is 9.91. The highest BCUT2D eigenvalue weighted by molar-refractivity contribution is 6.07. The largest absolute Gasteiger partial charge is 0.308 e. The van der Waals surface area contributed by atoms with Crippen LogP contribution in [0.3, 0.4) is 0 Å². The maximum absolute atomic E-state index is 13.0. The lowest BCUT2D eigenvalue weighted by Crippen LogP contribution is -2.36. The van der Waals surface area contributed by atoms with Crippen LogP contribution in [0.1, 0.15) is 35.2 Å². The molecule has 3 heterocycles. The molecule has 1 aromatic carbocycles. The number of anilines is 1. The number of carbonyl (C=O) groups is 1. The van der Waals surface area contributed by atoms with E-state index in [1.54, 1.807) is 29.3 Å². The van der Waals surface area contributed by atoms with Crippen LogP contribution in [-0.2, 0) is 0 Å². The van der Waals surface area contributed by atoms with Crippen molar-refractivity contribution in [3.63, 3.8) is 0 Å². The molecule has 1 aliphatic heterocycles. The topological polar surface area (TPSA) is 63.9 Å². The van der Waals surface area contributed by atoms with E-state index in [1.807, 2.05) is 23.1 Å². The van der Waals surface area contributed by atoms with Gasteiger partial charge in [-0.3, -0.25) is 4.79 Å². The molecule has 120 valence electrons. The summed E-state index contributed by atoms with van der Waals surface area (Å²) in [4.78, 5) is 23.1. The zero-order chi connectivity index (χ0) is 16.5. The van der Waals surface area contributed by atoms with Crippen molar-refractivity contribution in [1.29, 1.82) is 0 Å². The molecule has 0 N–H and O–H groups in total. The number of benzene rings is 1. The van der Waals surface area contributed by atoms with Gasteiger partial charge in [0.1, 0.15) is 12.7 Å². The van der Waals surface area contributed by atoms with Gasteiger partial charge in [0.25, 0.3) is 5.91 Å². The molecule has 2 aromatic heterocycles. The first-order chi connectivity index (χ1) is 11.7. The molecule has 24 heavy (non-hydrogen) atoms. The van der Waals surface area contributed by atoms with E-state index in [0.29, 0.717) is 17.3 Å². The highest BCUT2D eigenvalue weighted by Gasteiger charge is 2.27. The third-order valence-electron chi connectivity index (χ3n) is 4.44. The van der Waals surface area contributed by atoms with Crippen molar-refractivity contribution in [2.45, 2.75) is 19.3 Å². The first-order valence-corrected chi connectivity index (χ1v) is 7.96.